The van der Waals surface area contributed by atoms with Crippen LogP contribution in [0.25, 0.3) is 0 Å². The second-order valence-electron chi connectivity index (χ2n) is 4.91. The second-order valence-corrected chi connectivity index (χ2v) is 6.05. The van der Waals surface area contributed by atoms with E-state index in [1.807, 2.05) is 32.0 Å². The summed E-state index contributed by atoms with van der Waals surface area (Å²) in [6.45, 7) is 3.96. The first-order valence-electron chi connectivity index (χ1n) is 6.57. The third-order valence-electron chi connectivity index (χ3n) is 3.14. The smallest absolute Gasteiger partial charge is 0.337 e. The number of nitrogens with two attached hydrogens (primary N) is 1. The molecule has 2 rings (SSSR count). The Morgan fingerprint density at radius 3 is 2.61 bits per heavy atom. The van der Waals surface area contributed by atoms with Gasteiger partial charge in [0.1, 0.15) is 10.0 Å². The molecule has 0 saturated heterocycles. The second kappa shape index (κ2) is 7.17. The number of aromatic nitrogens is 1. The van der Waals surface area contributed by atoms with E-state index in [0.717, 1.165) is 16.7 Å². The van der Waals surface area contributed by atoms with Crippen LogP contribution in [0.3, 0.4) is 0 Å². The Hall–Kier alpha value is -1.82. The summed E-state index contributed by atoms with van der Waals surface area (Å²) >= 11 is 17.7. The number of benzene rings is 1. The van der Waals surface area contributed by atoms with E-state index in [2.05, 4.69) is 15.5 Å². The molecule has 0 bridgehead atoms. The first kappa shape index (κ1) is 17.5. The monoisotopic (exact) mass is 371 g/mol. The van der Waals surface area contributed by atoms with E-state index >= 15 is 0 Å². The molecule has 1 heterocycles. The fourth-order valence-corrected chi connectivity index (χ4v) is 2.53. The number of carbonyl (C=O) groups is 1. The zero-order valence-corrected chi connectivity index (χ0v) is 14.6. The van der Waals surface area contributed by atoms with Gasteiger partial charge in [-0.15, -0.1) is 0 Å². The number of pyridine rings is 1. The van der Waals surface area contributed by atoms with Gasteiger partial charge in [-0.1, -0.05) is 47.0 Å². The molecule has 8 heteroatoms. The molecule has 4 N–H and O–H groups in total. The minimum absolute atomic E-state index is 0.0152. The van der Waals surface area contributed by atoms with Crippen LogP contribution in [0, 0.1) is 13.8 Å². The Labute approximate surface area is 148 Å². The predicted octanol–water partition coefficient (Wildman–Crippen LogP) is 3.42. The zero-order valence-electron chi connectivity index (χ0n) is 12.4. The van der Waals surface area contributed by atoms with Gasteiger partial charge in [-0.3, -0.25) is 4.79 Å². The molecule has 0 unspecified atom stereocenters. The molecule has 0 aliphatic heterocycles. The SMILES string of the molecule is Cc1ccc(/C=N/NC(=O)c2[nH+]c(Cl)c(Cl)c(N)c2Cl)c(C)c1. The predicted molar refractivity (Wildman–Crippen MR) is 93.4 cm³/mol. The van der Waals surface area contributed by atoms with Gasteiger partial charge < -0.3 is 5.73 Å². The lowest BCUT2D eigenvalue weighted by atomic mass is 10.1. The normalized spacial score (nSPS) is 11.0. The van der Waals surface area contributed by atoms with Crippen LogP contribution < -0.4 is 16.1 Å². The highest BCUT2D eigenvalue weighted by Gasteiger charge is 2.25. The highest BCUT2D eigenvalue weighted by Crippen LogP contribution is 2.31. The van der Waals surface area contributed by atoms with Crippen molar-refractivity contribution in [1.82, 2.24) is 5.43 Å². The summed E-state index contributed by atoms with van der Waals surface area (Å²) in [5.74, 6) is -0.582. The van der Waals surface area contributed by atoms with E-state index in [9.17, 15) is 4.79 Å². The summed E-state index contributed by atoms with van der Waals surface area (Å²) in [6.07, 6.45) is 1.54. The molecule has 0 aliphatic carbocycles. The maximum atomic E-state index is 12.1. The highest BCUT2D eigenvalue weighted by atomic mass is 35.5. The topological polar surface area (TPSA) is 81.6 Å². The maximum Gasteiger partial charge on any atom is 0.337 e. The van der Waals surface area contributed by atoms with Crippen molar-refractivity contribution in [2.24, 2.45) is 5.10 Å². The van der Waals surface area contributed by atoms with Crippen LogP contribution in [-0.4, -0.2) is 12.1 Å². The quantitative estimate of drug-likeness (QED) is 0.491. The van der Waals surface area contributed by atoms with Crippen molar-refractivity contribution in [2.45, 2.75) is 13.8 Å². The molecule has 0 fully saturated rings. The molecule has 120 valence electrons. The van der Waals surface area contributed by atoms with E-state index in [4.69, 9.17) is 40.5 Å². The van der Waals surface area contributed by atoms with E-state index in [1.54, 1.807) is 6.21 Å². The Morgan fingerprint density at radius 1 is 1.26 bits per heavy atom. The summed E-state index contributed by atoms with van der Waals surface area (Å²) in [5, 5.41) is 3.98. The molecule has 23 heavy (non-hydrogen) atoms. The Morgan fingerprint density at radius 2 is 1.96 bits per heavy atom. The molecular formula is C15H14Cl3N4O+. The van der Waals surface area contributed by atoms with Crippen molar-refractivity contribution in [1.29, 1.82) is 0 Å². The number of aryl methyl sites for hydroxylation is 2. The van der Waals surface area contributed by atoms with Gasteiger partial charge >= 0.3 is 5.91 Å². The molecule has 0 aliphatic rings. The zero-order chi connectivity index (χ0) is 17.1. The molecule has 0 atom stereocenters. The fourth-order valence-electron chi connectivity index (χ4n) is 1.91. The molecule has 1 aromatic heterocycles. The lowest BCUT2D eigenvalue weighted by molar-refractivity contribution is -0.379. The molecule has 1 amide bonds. The Kier molecular flexibility index (Phi) is 5.46. The van der Waals surface area contributed by atoms with Gasteiger partial charge in [0.15, 0.2) is 0 Å². The molecular weight excluding hydrogens is 359 g/mol. The summed E-state index contributed by atoms with van der Waals surface area (Å²) in [7, 11) is 0. The van der Waals surface area contributed by atoms with Gasteiger partial charge in [-0.25, -0.2) is 5.43 Å². The number of amides is 1. The van der Waals surface area contributed by atoms with E-state index in [1.165, 1.54) is 0 Å². The number of hydrazone groups is 1. The highest BCUT2D eigenvalue weighted by molar-refractivity contribution is 6.45. The summed E-state index contributed by atoms with van der Waals surface area (Å²) in [6, 6.07) is 5.89. The minimum atomic E-state index is -0.582. The van der Waals surface area contributed by atoms with E-state index in [0.29, 0.717) is 0 Å². The van der Waals surface area contributed by atoms with Crippen LogP contribution in [0.5, 0.6) is 0 Å². The number of hydrogen-bond donors (Lipinski definition) is 2. The summed E-state index contributed by atoms with van der Waals surface area (Å²) in [5.41, 5.74) is 11.1. The van der Waals surface area contributed by atoms with Crippen molar-refractivity contribution in [3.05, 3.63) is 55.8 Å². The fraction of sp³-hybridized carbons (Fsp3) is 0.133. The van der Waals surface area contributed by atoms with Crippen molar-refractivity contribution in [3.8, 4) is 0 Å². The third kappa shape index (κ3) is 3.93. The molecule has 0 saturated carbocycles. The number of rotatable bonds is 3. The Balaban J connectivity index is 2.18. The maximum absolute atomic E-state index is 12.1. The summed E-state index contributed by atoms with van der Waals surface area (Å²) in [4.78, 5) is 14.7. The standard InChI is InChI=1S/C15H13Cl3N4O/c1-7-3-4-9(8(2)5-7)6-20-22-15(23)13-10(16)12(19)11(17)14(18)21-13/h3-6H,1-2H3,(H2,19,21)(H,22,23)/p+1/b20-6+. The lowest BCUT2D eigenvalue weighted by Gasteiger charge is -2.03. The molecule has 2 aromatic rings. The van der Waals surface area contributed by atoms with Gasteiger partial charge in [0.25, 0.3) is 10.8 Å². The van der Waals surface area contributed by atoms with Gasteiger partial charge in [-0.05, 0) is 36.6 Å². The van der Waals surface area contributed by atoms with Crippen LogP contribution in [0.1, 0.15) is 27.2 Å². The summed E-state index contributed by atoms with van der Waals surface area (Å²) < 4.78 is 0. The number of aromatic amines is 1. The average Bonchev–Trinajstić information content (AvgIpc) is 2.50. The van der Waals surface area contributed by atoms with Crippen LogP contribution in [-0.2, 0) is 0 Å². The number of hydrogen-bond acceptors (Lipinski definition) is 3. The van der Waals surface area contributed by atoms with E-state index in [-0.39, 0.29) is 26.6 Å². The van der Waals surface area contributed by atoms with E-state index < -0.39 is 5.91 Å². The molecule has 0 radical (unpaired) electrons. The van der Waals surface area contributed by atoms with Crippen LogP contribution in [0.15, 0.2) is 23.3 Å². The number of anilines is 1. The van der Waals surface area contributed by atoms with Gasteiger partial charge in [0.05, 0.1) is 11.9 Å². The average molecular weight is 373 g/mol. The van der Waals surface area contributed by atoms with Gasteiger partial charge in [0, 0.05) is 0 Å². The molecule has 5 nitrogen and oxygen atoms in total. The van der Waals surface area contributed by atoms with Crippen molar-refractivity contribution >= 4 is 52.6 Å². The van der Waals surface area contributed by atoms with Crippen LogP contribution in [0.2, 0.25) is 15.2 Å². The van der Waals surface area contributed by atoms with Gasteiger partial charge in [0.2, 0.25) is 0 Å². The lowest BCUT2D eigenvalue weighted by Crippen LogP contribution is -2.28. The third-order valence-corrected chi connectivity index (χ3v) is 4.31. The van der Waals surface area contributed by atoms with Gasteiger partial charge in [-0.2, -0.15) is 10.1 Å². The largest absolute Gasteiger partial charge is 0.396 e. The van der Waals surface area contributed by atoms with Crippen LogP contribution >= 0.6 is 34.8 Å². The number of nitrogen functional groups attached to an aromatic ring is 1. The van der Waals surface area contributed by atoms with Crippen LogP contribution in [0.4, 0.5) is 5.69 Å². The number of nitrogens with zero attached hydrogens (tertiary/aromatic N) is 1. The number of H-pyrrole nitrogens is 1. The number of halogens is 3. The minimum Gasteiger partial charge on any atom is -0.396 e. The molecule has 1 aromatic carbocycles. The first-order valence-corrected chi connectivity index (χ1v) is 7.70. The van der Waals surface area contributed by atoms with Crippen molar-refractivity contribution < 1.29 is 9.78 Å². The molecule has 0 spiro atoms. The van der Waals surface area contributed by atoms with Crippen molar-refractivity contribution in [3.63, 3.8) is 0 Å². The number of carbonyl (C=O) groups excluding carboxylic acids is 1. The Bertz CT molecular complexity index is 806. The number of nitrogens with one attached hydrogen (secondary N) is 2. The first-order chi connectivity index (χ1) is 10.8. The van der Waals surface area contributed by atoms with Crippen molar-refractivity contribution in [2.75, 3.05) is 5.73 Å².